The normalized spacial score (nSPS) is 10.3. The first-order valence-electron chi connectivity index (χ1n) is 7.12. The maximum atomic E-state index is 12.0. The van der Waals surface area contributed by atoms with Gasteiger partial charge >= 0.3 is 0 Å². The van der Waals surface area contributed by atoms with Crippen molar-refractivity contribution in [1.82, 2.24) is 20.2 Å². The highest BCUT2D eigenvalue weighted by Gasteiger charge is 2.10. The summed E-state index contributed by atoms with van der Waals surface area (Å²) < 4.78 is 5.41. The number of nitrogens with one attached hydrogen (secondary N) is 2. The largest absolute Gasteiger partial charge is 0.494 e. The third-order valence-corrected chi connectivity index (χ3v) is 3.09. The molecular formula is C16H15N5O2. The minimum Gasteiger partial charge on any atom is -0.494 e. The number of hydrogen-bond acceptors (Lipinski definition) is 5. The minimum atomic E-state index is -0.358. The Bertz CT molecular complexity index is 784. The molecule has 23 heavy (non-hydrogen) atoms. The van der Waals surface area contributed by atoms with Gasteiger partial charge in [-0.25, -0.2) is 4.98 Å². The summed E-state index contributed by atoms with van der Waals surface area (Å²) in [5.74, 6) is 0.874. The van der Waals surface area contributed by atoms with E-state index in [4.69, 9.17) is 4.74 Å². The van der Waals surface area contributed by atoms with E-state index >= 15 is 0 Å². The number of benzene rings is 1. The summed E-state index contributed by atoms with van der Waals surface area (Å²) in [4.78, 5) is 19.8. The van der Waals surface area contributed by atoms with E-state index in [1.807, 2.05) is 31.2 Å². The SMILES string of the molecule is CCOc1ccc(-c2cc(NC(=O)c3cnccn3)n[nH]2)cc1. The number of hydrogen-bond donors (Lipinski definition) is 2. The molecule has 7 nitrogen and oxygen atoms in total. The number of ether oxygens (including phenoxy) is 1. The number of carbonyl (C=O) groups is 1. The zero-order chi connectivity index (χ0) is 16.1. The Balaban J connectivity index is 1.71. The average Bonchev–Trinajstić information content (AvgIpc) is 3.05. The van der Waals surface area contributed by atoms with Crippen LogP contribution in [0.25, 0.3) is 11.3 Å². The van der Waals surface area contributed by atoms with E-state index in [1.54, 1.807) is 6.07 Å². The molecule has 2 aromatic heterocycles. The van der Waals surface area contributed by atoms with Crippen LogP contribution in [0.15, 0.2) is 48.9 Å². The predicted octanol–water partition coefficient (Wildman–Crippen LogP) is 2.52. The first-order valence-corrected chi connectivity index (χ1v) is 7.12. The van der Waals surface area contributed by atoms with Gasteiger partial charge in [-0.2, -0.15) is 5.10 Å². The number of anilines is 1. The summed E-state index contributed by atoms with van der Waals surface area (Å²) in [6, 6.07) is 9.37. The summed E-state index contributed by atoms with van der Waals surface area (Å²) in [7, 11) is 0. The topological polar surface area (TPSA) is 92.8 Å². The molecule has 2 N–H and O–H groups in total. The molecule has 0 atom stereocenters. The van der Waals surface area contributed by atoms with Gasteiger partial charge in [-0.3, -0.25) is 14.9 Å². The highest BCUT2D eigenvalue weighted by molar-refractivity contribution is 6.02. The zero-order valence-corrected chi connectivity index (χ0v) is 12.5. The third kappa shape index (κ3) is 3.52. The number of nitrogens with zero attached hydrogens (tertiary/aromatic N) is 3. The molecule has 0 unspecified atom stereocenters. The van der Waals surface area contributed by atoms with E-state index in [0.717, 1.165) is 17.0 Å². The summed E-state index contributed by atoms with van der Waals surface area (Å²) in [6.07, 6.45) is 4.37. The van der Waals surface area contributed by atoms with Crippen LogP contribution in [0.5, 0.6) is 5.75 Å². The van der Waals surface area contributed by atoms with Crippen LogP contribution in [0.2, 0.25) is 0 Å². The van der Waals surface area contributed by atoms with Crippen LogP contribution in [0.4, 0.5) is 5.82 Å². The fraction of sp³-hybridized carbons (Fsp3) is 0.125. The van der Waals surface area contributed by atoms with Crippen LogP contribution in [0.1, 0.15) is 17.4 Å². The van der Waals surface area contributed by atoms with Crippen molar-refractivity contribution < 1.29 is 9.53 Å². The van der Waals surface area contributed by atoms with Gasteiger partial charge in [-0.05, 0) is 36.8 Å². The Morgan fingerprint density at radius 2 is 2.09 bits per heavy atom. The van der Waals surface area contributed by atoms with Crippen molar-refractivity contribution in [3.05, 3.63) is 54.6 Å². The second kappa shape index (κ2) is 6.69. The monoisotopic (exact) mass is 309 g/mol. The molecule has 0 saturated carbocycles. The summed E-state index contributed by atoms with van der Waals surface area (Å²) in [6.45, 7) is 2.57. The molecule has 0 aliphatic heterocycles. The highest BCUT2D eigenvalue weighted by Crippen LogP contribution is 2.22. The number of aromatic amines is 1. The maximum absolute atomic E-state index is 12.0. The molecule has 1 aromatic carbocycles. The van der Waals surface area contributed by atoms with Gasteiger partial charge in [-0.15, -0.1) is 0 Å². The molecule has 7 heteroatoms. The van der Waals surface area contributed by atoms with Crippen LogP contribution >= 0.6 is 0 Å². The molecule has 3 aromatic rings. The van der Waals surface area contributed by atoms with E-state index in [9.17, 15) is 4.79 Å². The number of amides is 1. The van der Waals surface area contributed by atoms with Gasteiger partial charge in [-0.1, -0.05) is 0 Å². The Morgan fingerprint density at radius 3 is 2.78 bits per heavy atom. The quantitative estimate of drug-likeness (QED) is 0.755. The van der Waals surface area contributed by atoms with E-state index in [2.05, 4.69) is 25.5 Å². The van der Waals surface area contributed by atoms with Crippen molar-refractivity contribution in [1.29, 1.82) is 0 Å². The molecule has 0 aliphatic rings. The van der Waals surface area contributed by atoms with E-state index in [0.29, 0.717) is 12.4 Å². The molecule has 0 spiro atoms. The van der Waals surface area contributed by atoms with Crippen LogP contribution in [-0.4, -0.2) is 32.7 Å². The molecule has 0 saturated heterocycles. The zero-order valence-electron chi connectivity index (χ0n) is 12.5. The minimum absolute atomic E-state index is 0.234. The molecule has 2 heterocycles. The number of carbonyl (C=O) groups excluding carboxylic acids is 1. The summed E-state index contributed by atoms with van der Waals surface area (Å²) in [5.41, 5.74) is 1.97. The second-order valence-corrected chi connectivity index (χ2v) is 4.67. The summed E-state index contributed by atoms with van der Waals surface area (Å²) >= 11 is 0. The van der Waals surface area contributed by atoms with Gasteiger partial charge in [0.25, 0.3) is 5.91 Å². The van der Waals surface area contributed by atoms with Crippen molar-refractivity contribution in [3.63, 3.8) is 0 Å². The lowest BCUT2D eigenvalue weighted by atomic mass is 10.1. The number of aromatic nitrogens is 4. The van der Waals surface area contributed by atoms with Gasteiger partial charge < -0.3 is 10.1 Å². The smallest absolute Gasteiger partial charge is 0.277 e. The van der Waals surface area contributed by atoms with Crippen molar-refractivity contribution in [3.8, 4) is 17.0 Å². The summed E-state index contributed by atoms with van der Waals surface area (Å²) in [5, 5.41) is 9.64. The van der Waals surface area contributed by atoms with Gasteiger partial charge in [0.05, 0.1) is 18.5 Å². The highest BCUT2D eigenvalue weighted by atomic mass is 16.5. The number of H-pyrrole nitrogens is 1. The van der Waals surface area contributed by atoms with Crippen molar-refractivity contribution in [2.75, 3.05) is 11.9 Å². The first-order chi connectivity index (χ1) is 11.3. The lowest BCUT2D eigenvalue weighted by molar-refractivity contribution is 0.102. The fourth-order valence-corrected chi connectivity index (χ4v) is 2.03. The van der Waals surface area contributed by atoms with E-state index in [1.165, 1.54) is 18.6 Å². The third-order valence-electron chi connectivity index (χ3n) is 3.09. The standard InChI is InChI=1S/C16H15N5O2/c1-2-23-12-5-3-11(4-6-12)13-9-15(21-20-13)19-16(22)14-10-17-7-8-18-14/h3-10H,2H2,1H3,(H2,19,20,21,22). The average molecular weight is 309 g/mol. The molecule has 0 radical (unpaired) electrons. The van der Waals surface area contributed by atoms with Crippen LogP contribution in [-0.2, 0) is 0 Å². The van der Waals surface area contributed by atoms with Crippen molar-refractivity contribution >= 4 is 11.7 Å². The van der Waals surface area contributed by atoms with E-state index in [-0.39, 0.29) is 11.6 Å². The van der Waals surface area contributed by atoms with Gasteiger partial charge in [0, 0.05) is 18.5 Å². The molecule has 0 bridgehead atoms. The van der Waals surface area contributed by atoms with Gasteiger partial charge in [0.2, 0.25) is 0 Å². The Hall–Kier alpha value is -3.22. The Morgan fingerprint density at radius 1 is 1.26 bits per heavy atom. The van der Waals surface area contributed by atoms with Gasteiger partial charge in [0.1, 0.15) is 11.4 Å². The molecule has 3 rings (SSSR count). The Labute approximate surface area is 132 Å². The van der Waals surface area contributed by atoms with Crippen LogP contribution in [0.3, 0.4) is 0 Å². The van der Waals surface area contributed by atoms with E-state index < -0.39 is 0 Å². The molecule has 1 amide bonds. The second-order valence-electron chi connectivity index (χ2n) is 4.67. The molecule has 0 fully saturated rings. The first kappa shape index (κ1) is 14.7. The lowest BCUT2D eigenvalue weighted by Crippen LogP contribution is -2.13. The lowest BCUT2D eigenvalue weighted by Gasteiger charge is -2.03. The number of rotatable bonds is 5. The van der Waals surface area contributed by atoms with Crippen molar-refractivity contribution in [2.24, 2.45) is 0 Å². The predicted molar refractivity (Wildman–Crippen MR) is 85.2 cm³/mol. The Kier molecular flexibility index (Phi) is 4.28. The molecule has 0 aliphatic carbocycles. The van der Waals surface area contributed by atoms with Gasteiger partial charge in [0.15, 0.2) is 5.82 Å². The maximum Gasteiger partial charge on any atom is 0.277 e. The van der Waals surface area contributed by atoms with Crippen LogP contribution < -0.4 is 10.1 Å². The van der Waals surface area contributed by atoms with Crippen molar-refractivity contribution in [2.45, 2.75) is 6.92 Å². The fourth-order valence-electron chi connectivity index (χ4n) is 2.03. The molecule has 116 valence electrons. The molecular weight excluding hydrogens is 294 g/mol. The van der Waals surface area contributed by atoms with Crippen LogP contribution in [0, 0.1) is 0 Å².